The molecule has 0 unspecified atom stereocenters. The molecule has 1 saturated carbocycles. The third kappa shape index (κ3) is 2.53. The molecule has 0 saturated heterocycles. The van der Waals surface area contributed by atoms with E-state index in [0.29, 0.717) is 0 Å². The summed E-state index contributed by atoms with van der Waals surface area (Å²) in [6, 6.07) is 5.69. The quantitative estimate of drug-likeness (QED) is 0.946. The molecule has 1 aromatic carbocycles. The highest BCUT2D eigenvalue weighted by Gasteiger charge is 2.25. The predicted octanol–water partition coefficient (Wildman–Crippen LogP) is 2.77. The molecular weight excluding hydrogens is 308 g/mol. The van der Waals surface area contributed by atoms with Gasteiger partial charge in [0.25, 0.3) is 0 Å². The van der Waals surface area contributed by atoms with Gasteiger partial charge in [0.15, 0.2) is 0 Å². The summed E-state index contributed by atoms with van der Waals surface area (Å²) in [6.45, 7) is 0. The topological polar surface area (TPSA) is 59.8 Å². The lowest BCUT2D eigenvalue weighted by Gasteiger charge is -2.24. The number of nitrogens with one attached hydrogen (secondary N) is 1. The van der Waals surface area contributed by atoms with Gasteiger partial charge >= 0.3 is 0 Å². The van der Waals surface area contributed by atoms with Gasteiger partial charge < -0.3 is 5.32 Å². The molecule has 19 heavy (non-hydrogen) atoms. The van der Waals surface area contributed by atoms with E-state index in [1.54, 1.807) is 11.0 Å². The summed E-state index contributed by atoms with van der Waals surface area (Å²) in [4.78, 5) is 16.0. The van der Waals surface area contributed by atoms with Crippen LogP contribution in [-0.4, -0.2) is 20.7 Å². The van der Waals surface area contributed by atoms with Crippen molar-refractivity contribution in [2.75, 3.05) is 5.32 Å². The lowest BCUT2D eigenvalue weighted by atomic mass is 9.85. The normalized spacial score (nSPS) is 15.0. The van der Waals surface area contributed by atoms with Crippen molar-refractivity contribution in [3.05, 3.63) is 35.3 Å². The molecular formula is C13H13BrN4O. The minimum Gasteiger partial charge on any atom is -0.324 e. The highest BCUT2D eigenvalue weighted by atomic mass is 79.9. The fraction of sp³-hybridized carbons (Fsp3) is 0.308. The van der Waals surface area contributed by atoms with Gasteiger partial charge in [0.1, 0.15) is 12.7 Å². The van der Waals surface area contributed by atoms with Crippen LogP contribution >= 0.6 is 15.9 Å². The predicted molar refractivity (Wildman–Crippen MR) is 75.0 cm³/mol. The Morgan fingerprint density at radius 1 is 1.42 bits per heavy atom. The molecule has 3 rings (SSSR count). The summed E-state index contributed by atoms with van der Waals surface area (Å²) < 4.78 is 2.56. The van der Waals surface area contributed by atoms with Crippen molar-refractivity contribution < 1.29 is 4.79 Å². The Balaban J connectivity index is 1.90. The molecule has 1 aliphatic carbocycles. The van der Waals surface area contributed by atoms with E-state index in [9.17, 15) is 4.79 Å². The maximum atomic E-state index is 12.1. The number of hydrogen-bond acceptors (Lipinski definition) is 3. The Hall–Kier alpha value is -1.69. The largest absolute Gasteiger partial charge is 0.324 e. The molecule has 98 valence electrons. The third-order valence-corrected chi connectivity index (χ3v) is 3.85. The van der Waals surface area contributed by atoms with Crippen LogP contribution < -0.4 is 5.32 Å². The van der Waals surface area contributed by atoms with Gasteiger partial charge in [0.2, 0.25) is 5.91 Å². The number of amides is 1. The van der Waals surface area contributed by atoms with E-state index in [-0.39, 0.29) is 11.8 Å². The van der Waals surface area contributed by atoms with Crippen LogP contribution in [0.2, 0.25) is 0 Å². The van der Waals surface area contributed by atoms with E-state index in [4.69, 9.17) is 0 Å². The van der Waals surface area contributed by atoms with Crippen molar-refractivity contribution in [2.24, 2.45) is 5.92 Å². The number of rotatable bonds is 3. The summed E-state index contributed by atoms with van der Waals surface area (Å²) in [5.74, 6) is 0.244. The summed E-state index contributed by atoms with van der Waals surface area (Å²) in [7, 11) is 0. The molecule has 5 nitrogen and oxygen atoms in total. The molecule has 2 aromatic rings. The molecule has 1 fully saturated rings. The van der Waals surface area contributed by atoms with Gasteiger partial charge in [-0.2, -0.15) is 5.10 Å². The van der Waals surface area contributed by atoms with Crippen molar-refractivity contribution >= 4 is 27.5 Å². The van der Waals surface area contributed by atoms with Crippen LogP contribution in [0, 0.1) is 5.92 Å². The van der Waals surface area contributed by atoms with Crippen molar-refractivity contribution in [1.82, 2.24) is 14.8 Å². The number of nitrogens with zero attached hydrogens (tertiary/aromatic N) is 3. The average molecular weight is 321 g/mol. The van der Waals surface area contributed by atoms with Gasteiger partial charge in [-0.3, -0.25) is 4.79 Å². The Bertz CT molecular complexity index is 593. The molecule has 1 aromatic heterocycles. The van der Waals surface area contributed by atoms with E-state index in [1.807, 2.05) is 18.2 Å². The zero-order valence-corrected chi connectivity index (χ0v) is 11.8. The lowest BCUT2D eigenvalue weighted by Crippen LogP contribution is -2.28. The summed E-state index contributed by atoms with van der Waals surface area (Å²) in [6.07, 6.45) is 6.20. The number of carbonyl (C=O) groups excluding carboxylic acids is 1. The van der Waals surface area contributed by atoms with Crippen molar-refractivity contribution in [3.63, 3.8) is 0 Å². The van der Waals surface area contributed by atoms with Gasteiger partial charge in [-0.25, -0.2) is 9.67 Å². The Labute approximate surface area is 119 Å². The van der Waals surface area contributed by atoms with Crippen LogP contribution in [0.3, 0.4) is 0 Å². The molecule has 1 N–H and O–H groups in total. The highest BCUT2D eigenvalue weighted by molar-refractivity contribution is 9.10. The van der Waals surface area contributed by atoms with E-state index < -0.39 is 0 Å². The Kier molecular flexibility index (Phi) is 3.33. The SMILES string of the molecule is O=C(Nc1cc(Br)ccc1-n1cncn1)C1CCC1. The van der Waals surface area contributed by atoms with E-state index in [2.05, 4.69) is 31.3 Å². The van der Waals surface area contributed by atoms with Crippen LogP contribution in [-0.2, 0) is 4.79 Å². The first-order chi connectivity index (χ1) is 9.24. The second-order valence-corrected chi connectivity index (χ2v) is 5.53. The third-order valence-electron chi connectivity index (χ3n) is 3.36. The number of aromatic nitrogens is 3. The number of hydrogen-bond donors (Lipinski definition) is 1. The van der Waals surface area contributed by atoms with E-state index in [0.717, 1.165) is 35.1 Å². The maximum absolute atomic E-state index is 12.1. The Morgan fingerprint density at radius 2 is 2.26 bits per heavy atom. The second-order valence-electron chi connectivity index (χ2n) is 4.62. The molecule has 0 bridgehead atoms. The summed E-state index contributed by atoms with van der Waals surface area (Å²) in [5.41, 5.74) is 1.56. The van der Waals surface area contributed by atoms with Gasteiger partial charge in [0.05, 0.1) is 11.4 Å². The van der Waals surface area contributed by atoms with Crippen molar-refractivity contribution in [2.45, 2.75) is 19.3 Å². The highest BCUT2D eigenvalue weighted by Crippen LogP contribution is 2.30. The van der Waals surface area contributed by atoms with Crippen LogP contribution in [0.4, 0.5) is 5.69 Å². The molecule has 1 heterocycles. The smallest absolute Gasteiger partial charge is 0.227 e. The first kappa shape index (κ1) is 12.3. The second kappa shape index (κ2) is 5.13. The summed E-state index contributed by atoms with van der Waals surface area (Å²) in [5, 5.41) is 7.09. The monoisotopic (exact) mass is 320 g/mol. The maximum Gasteiger partial charge on any atom is 0.227 e. The zero-order valence-electron chi connectivity index (χ0n) is 10.2. The minimum absolute atomic E-state index is 0.0886. The van der Waals surface area contributed by atoms with Crippen molar-refractivity contribution in [1.29, 1.82) is 0 Å². The molecule has 1 aliphatic rings. The van der Waals surface area contributed by atoms with Crippen LogP contribution in [0.1, 0.15) is 19.3 Å². The molecule has 0 spiro atoms. The molecule has 1 amide bonds. The molecule has 0 radical (unpaired) electrons. The summed E-state index contributed by atoms with van der Waals surface area (Å²) >= 11 is 3.42. The molecule has 0 atom stereocenters. The van der Waals surface area contributed by atoms with E-state index >= 15 is 0 Å². The number of halogens is 1. The fourth-order valence-electron chi connectivity index (χ4n) is 2.05. The fourth-order valence-corrected chi connectivity index (χ4v) is 2.41. The molecule has 0 aliphatic heterocycles. The van der Waals surface area contributed by atoms with Gasteiger partial charge in [-0.1, -0.05) is 22.4 Å². The number of benzene rings is 1. The van der Waals surface area contributed by atoms with Crippen LogP contribution in [0.25, 0.3) is 5.69 Å². The van der Waals surface area contributed by atoms with Crippen LogP contribution in [0.15, 0.2) is 35.3 Å². The lowest BCUT2D eigenvalue weighted by molar-refractivity contribution is -0.122. The number of anilines is 1. The minimum atomic E-state index is 0.0886. The zero-order chi connectivity index (χ0) is 13.2. The first-order valence-electron chi connectivity index (χ1n) is 6.19. The Morgan fingerprint density at radius 3 is 2.89 bits per heavy atom. The first-order valence-corrected chi connectivity index (χ1v) is 6.99. The average Bonchev–Trinajstić information content (AvgIpc) is 2.80. The number of carbonyl (C=O) groups is 1. The van der Waals surface area contributed by atoms with Gasteiger partial charge in [0, 0.05) is 10.4 Å². The van der Waals surface area contributed by atoms with Crippen LogP contribution in [0.5, 0.6) is 0 Å². The van der Waals surface area contributed by atoms with E-state index in [1.165, 1.54) is 6.33 Å². The standard InChI is InChI=1S/C13H13BrN4O/c14-10-4-5-12(18-8-15-7-16-18)11(6-10)17-13(19)9-2-1-3-9/h4-9H,1-3H2,(H,17,19). The van der Waals surface area contributed by atoms with Crippen molar-refractivity contribution in [3.8, 4) is 5.69 Å². The van der Waals surface area contributed by atoms with Gasteiger partial charge in [-0.15, -0.1) is 0 Å². The van der Waals surface area contributed by atoms with Gasteiger partial charge in [-0.05, 0) is 31.0 Å². The molecule has 6 heteroatoms.